The first-order valence-electron chi connectivity index (χ1n) is 5.23. The predicted molar refractivity (Wildman–Crippen MR) is 59.9 cm³/mol. The summed E-state index contributed by atoms with van der Waals surface area (Å²) in [5.41, 5.74) is 2.58. The van der Waals surface area contributed by atoms with E-state index >= 15 is 0 Å². The molecule has 1 aromatic carbocycles. The monoisotopic (exact) mass is 207 g/mol. The Bertz CT molecular complexity index is 351. The molecule has 0 unspecified atom stereocenters. The van der Waals surface area contributed by atoms with Crippen molar-refractivity contribution in [3.63, 3.8) is 0 Å². The summed E-state index contributed by atoms with van der Waals surface area (Å²) >= 11 is 0. The molecule has 3 nitrogen and oxygen atoms in total. The Morgan fingerprint density at radius 3 is 2.80 bits per heavy atom. The molecule has 1 fully saturated rings. The van der Waals surface area contributed by atoms with Gasteiger partial charge in [0, 0.05) is 1.43 Å². The third kappa shape index (κ3) is 2.72. The van der Waals surface area contributed by atoms with Crippen LogP contribution in [-0.4, -0.2) is 18.7 Å². The fourth-order valence-corrected chi connectivity index (χ4v) is 1.68. The fourth-order valence-electron chi connectivity index (χ4n) is 1.68. The molecule has 1 saturated heterocycles. The number of rotatable bonds is 3. The Hall–Kier alpha value is -1.51. The van der Waals surface area contributed by atoms with Crippen molar-refractivity contribution >= 4 is 6.09 Å². The van der Waals surface area contributed by atoms with Crippen molar-refractivity contribution in [1.29, 1.82) is 0 Å². The maximum absolute atomic E-state index is 10.8. The number of ether oxygens (including phenoxy) is 1. The SMILES string of the molecule is Cc1ccc(CC[C@H]2COC(=O)N2)cc1.[HH]. The highest BCUT2D eigenvalue weighted by Gasteiger charge is 2.21. The molecule has 1 aromatic rings. The van der Waals surface area contributed by atoms with E-state index in [0.717, 1.165) is 12.8 Å². The zero-order chi connectivity index (χ0) is 10.7. The molecule has 1 N–H and O–H groups in total. The minimum Gasteiger partial charge on any atom is -0.447 e. The normalized spacial score (nSPS) is 19.8. The number of alkyl carbamates (subject to hydrolysis) is 1. The minimum absolute atomic E-state index is 0. The number of cyclic esters (lactones) is 1. The quantitative estimate of drug-likeness (QED) is 0.825. The number of carbonyl (C=O) groups is 1. The molecule has 1 amide bonds. The molecule has 1 aliphatic heterocycles. The van der Waals surface area contributed by atoms with E-state index in [1.54, 1.807) is 0 Å². The van der Waals surface area contributed by atoms with Crippen LogP contribution in [0, 0.1) is 6.92 Å². The van der Waals surface area contributed by atoms with Gasteiger partial charge < -0.3 is 10.1 Å². The van der Waals surface area contributed by atoms with Crippen molar-refractivity contribution in [2.75, 3.05) is 6.61 Å². The van der Waals surface area contributed by atoms with Crippen molar-refractivity contribution in [1.82, 2.24) is 5.32 Å². The molecular weight excluding hydrogens is 190 g/mol. The van der Waals surface area contributed by atoms with Crippen molar-refractivity contribution in [3.8, 4) is 0 Å². The van der Waals surface area contributed by atoms with Crippen LogP contribution >= 0.6 is 0 Å². The molecular formula is C12H17NO2. The molecule has 15 heavy (non-hydrogen) atoms. The van der Waals surface area contributed by atoms with Crippen molar-refractivity contribution in [3.05, 3.63) is 35.4 Å². The van der Waals surface area contributed by atoms with E-state index in [1.807, 2.05) is 0 Å². The lowest BCUT2D eigenvalue weighted by molar-refractivity contribution is 0.176. The summed E-state index contributed by atoms with van der Waals surface area (Å²) in [5.74, 6) is 0. The Morgan fingerprint density at radius 2 is 2.20 bits per heavy atom. The zero-order valence-corrected chi connectivity index (χ0v) is 8.82. The Morgan fingerprint density at radius 1 is 1.47 bits per heavy atom. The largest absolute Gasteiger partial charge is 0.447 e. The van der Waals surface area contributed by atoms with Gasteiger partial charge in [-0.25, -0.2) is 4.79 Å². The summed E-state index contributed by atoms with van der Waals surface area (Å²) in [6, 6.07) is 8.66. The first kappa shape index (κ1) is 10.0. The molecule has 2 rings (SSSR count). The molecule has 0 spiro atoms. The number of nitrogens with one attached hydrogen (secondary N) is 1. The smallest absolute Gasteiger partial charge is 0.407 e. The average molecular weight is 207 g/mol. The fraction of sp³-hybridized carbons (Fsp3) is 0.417. The summed E-state index contributed by atoms with van der Waals surface area (Å²) < 4.78 is 4.82. The summed E-state index contributed by atoms with van der Waals surface area (Å²) in [7, 11) is 0. The lowest BCUT2D eigenvalue weighted by atomic mass is 10.0. The Kier molecular flexibility index (Phi) is 2.90. The van der Waals surface area contributed by atoms with Gasteiger partial charge >= 0.3 is 6.09 Å². The van der Waals surface area contributed by atoms with Gasteiger partial charge in [-0.05, 0) is 25.3 Å². The van der Waals surface area contributed by atoms with Crippen LogP contribution in [0.25, 0.3) is 0 Å². The molecule has 0 aromatic heterocycles. The van der Waals surface area contributed by atoms with Crippen molar-refractivity contribution in [2.45, 2.75) is 25.8 Å². The predicted octanol–water partition coefficient (Wildman–Crippen LogP) is 2.28. The van der Waals surface area contributed by atoms with E-state index < -0.39 is 0 Å². The Balaban J connectivity index is 0.00000128. The second-order valence-electron chi connectivity index (χ2n) is 3.96. The standard InChI is InChI=1S/C12H15NO2.H2/c1-9-2-4-10(5-3-9)6-7-11-8-15-12(14)13-11;/h2-5,11H,6-8H2,1H3,(H,13,14);1H/t11-;/m0./s1. The summed E-state index contributed by atoms with van der Waals surface area (Å²) in [6.07, 6.45) is 1.63. The molecule has 1 aliphatic rings. The zero-order valence-electron chi connectivity index (χ0n) is 8.82. The van der Waals surface area contributed by atoms with Crippen LogP contribution < -0.4 is 5.32 Å². The Labute approximate surface area is 90.9 Å². The van der Waals surface area contributed by atoms with Gasteiger partial charge in [0.15, 0.2) is 0 Å². The van der Waals surface area contributed by atoms with Crippen LogP contribution in [0.4, 0.5) is 4.79 Å². The lowest BCUT2D eigenvalue weighted by Crippen LogP contribution is -2.26. The van der Waals surface area contributed by atoms with E-state index in [2.05, 4.69) is 36.5 Å². The second kappa shape index (κ2) is 4.34. The topological polar surface area (TPSA) is 38.3 Å². The molecule has 3 heteroatoms. The van der Waals surface area contributed by atoms with Gasteiger partial charge in [0.05, 0.1) is 6.04 Å². The number of hydrogen-bond acceptors (Lipinski definition) is 2. The highest BCUT2D eigenvalue weighted by molar-refractivity contribution is 5.69. The lowest BCUT2D eigenvalue weighted by Gasteiger charge is -2.06. The van der Waals surface area contributed by atoms with Crippen LogP contribution in [0.5, 0.6) is 0 Å². The molecule has 82 valence electrons. The van der Waals surface area contributed by atoms with Crippen LogP contribution in [0.3, 0.4) is 0 Å². The number of benzene rings is 1. The van der Waals surface area contributed by atoms with Crippen molar-refractivity contribution in [2.24, 2.45) is 0 Å². The molecule has 0 saturated carbocycles. The third-order valence-electron chi connectivity index (χ3n) is 2.64. The van der Waals surface area contributed by atoms with Gasteiger partial charge in [-0.1, -0.05) is 29.8 Å². The van der Waals surface area contributed by atoms with Crippen LogP contribution in [0.15, 0.2) is 24.3 Å². The van der Waals surface area contributed by atoms with E-state index in [0.29, 0.717) is 6.61 Å². The van der Waals surface area contributed by atoms with Crippen molar-refractivity contribution < 1.29 is 11.0 Å². The van der Waals surface area contributed by atoms with Crippen LogP contribution in [0.2, 0.25) is 0 Å². The van der Waals surface area contributed by atoms with Crippen LogP contribution in [0.1, 0.15) is 19.0 Å². The molecule has 1 heterocycles. The van der Waals surface area contributed by atoms with E-state index in [9.17, 15) is 4.79 Å². The summed E-state index contributed by atoms with van der Waals surface area (Å²) in [6.45, 7) is 2.58. The average Bonchev–Trinajstić information content (AvgIpc) is 2.64. The van der Waals surface area contributed by atoms with Gasteiger partial charge in [0.25, 0.3) is 0 Å². The minimum atomic E-state index is -0.288. The number of hydrogen-bond donors (Lipinski definition) is 1. The first-order valence-corrected chi connectivity index (χ1v) is 5.23. The van der Waals surface area contributed by atoms with Gasteiger partial charge in [-0.2, -0.15) is 0 Å². The highest BCUT2D eigenvalue weighted by Crippen LogP contribution is 2.09. The maximum atomic E-state index is 10.8. The molecule has 0 bridgehead atoms. The summed E-state index contributed by atoms with van der Waals surface area (Å²) in [5, 5.41) is 2.77. The first-order chi connectivity index (χ1) is 7.24. The van der Waals surface area contributed by atoms with Crippen LogP contribution in [-0.2, 0) is 11.2 Å². The van der Waals surface area contributed by atoms with Gasteiger partial charge in [0.2, 0.25) is 0 Å². The van der Waals surface area contributed by atoms with Gasteiger partial charge in [0.1, 0.15) is 6.61 Å². The molecule has 0 aliphatic carbocycles. The second-order valence-corrected chi connectivity index (χ2v) is 3.96. The highest BCUT2D eigenvalue weighted by atomic mass is 16.6. The third-order valence-corrected chi connectivity index (χ3v) is 2.64. The van der Waals surface area contributed by atoms with Gasteiger partial charge in [-0.3, -0.25) is 0 Å². The van der Waals surface area contributed by atoms with E-state index in [1.165, 1.54) is 11.1 Å². The number of carbonyl (C=O) groups excluding carboxylic acids is 1. The van der Waals surface area contributed by atoms with Gasteiger partial charge in [-0.15, -0.1) is 0 Å². The molecule has 0 radical (unpaired) electrons. The number of aryl methyl sites for hydroxylation is 2. The van der Waals surface area contributed by atoms with E-state index in [-0.39, 0.29) is 13.6 Å². The summed E-state index contributed by atoms with van der Waals surface area (Å²) in [4.78, 5) is 10.8. The maximum Gasteiger partial charge on any atom is 0.407 e. The van der Waals surface area contributed by atoms with E-state index in [4.69, 9.17) is 4.74 Å². The molecule has 1 atom stereocenters. The number of amides is 1.